The molecule has 49 heavy (non-hydrogen) atoms. The lowest BCUT2D eigenvalue weighted by Crippen LogP contribution is -2.55. The number of amides is 1. The first-order valence-electron chi connectivity index (χ1n) is 15.7. The summed E-state index contributed by atoms with van der Waals surface area (Å²) >= 11 is 6.11. The highest BCUT2D eigenvalue weighted by atomic mass is 32.2. The van der Waals surface area contributed by atoms with Crippen molar-refractivity contribution in [2.24, 2.45) is 0 Å². The Morgan fingerprint density at radius 1 is 1.20 bits per heavy atom. The van der Waals surface area contributed by atoms with Gasteiger partial charge in [-0.3, -0.25) is 19.4 Å². The van der Waals surface area contributed by atoms with Crippen LogP contribution in [0.2, 0.25) is 0 Å². The molecule has 4 aromatic heterocycles. The normalized spacial score (nSPS) is 15.3. The molecule has 11 nitrogen and oxygen atoms in total. The predicted octanol–water partition coefficient (Wildman–Crippen LogP) is 6.09. The molecule has 0 radical (unpaired) electrons. The summed E-state index contributed by atoms with van der Waals surface area (Å²) < 4.78 is 46.0. The van der Waals surface area contributed by atoms with E-state index in [2.05, 4.69) is 27.8 Å². The van der Waals surface area contributed by atoms with Crippen LogP contribution in [0.5, 0.6) is 0 Å². The van der Waals surface area contributed by atoms with Gasteiger partial charge in [0.1, 0.15) is 26.7 Å². The van der Waals surface area contributed by atoms with Crippen LogP contribution < -0.4 is 4.90 Å². The van der Waals surface area contributed by atoms with Crippen molar-refractivity contribution < 1.29 is 17.6 Å². The first-order chi connectivity index (χ1) is 23.3. The second-order valence-electron chi connectivity index (χ2n) is 12.6. The first-order valence-corrected chi connectivity index (χ1v) is 18.0. The van der Waals surface area contributed by atoms with Crippen molar-refractivity contribution in [3.63, 3.8) is 0 Å². The molecular weight excluding hydrogens is 664 g/mol. The van der Waals surface area contributed by atoms with Crippen LogP contribution in [0.25, 0.3) is 38.9 Å². The van der Waals surface area contributed by atoms with Crippen molar-refractivity contribution in [2.45, 2.75) is 51.0 Å². The fourth-order valence-corrected chi connectivity index (χ4v) is 8.47. The Labute approximate surface area is 288 Å². The molecule has 252 valence electrons. The quantitative estimate of drug-likeness (QED) is 0.158. The summed E-state index contributed by atoms with van der Waals surface area (Å²) in [7, 11) is -4.06. The topological polar surface area (TPSA) is 141 Å². The number of nitriles is 1. The van der Waals surface area contributed by atoms with Crippen molar-refractivity contribution in [3.05, 3.63) is 76.6 Å². The highest BCUT2D eigenvalue weighted by Crippen LogP contribution is 2.42. The fraction of sp³-hybridized carbons (Fsp3) is 0.314. The van der Waals surface area contributed by atoms with Crippen LogP contribution in [0, 0.1) is 35.6 Å². The molecule has 0 unspecified atom stereocenters. The molecule has 1 aliphatic heterocycles. The number of carbonyl (C=O) groups excluding carboxylic acids is 1. The lowest BCUT2D eigenvalue weighted by molar-refractivity contribution is -0.128. The number of sulfone groups is 1. The molecule has 5 heterocycles. The highest BCUT2D eigenvalue weighted by Gasteiger charge is 2.35. The Hall–Kier alpha value is -5.00. The summed E-state index contributed by atoms with van der Waals surface area (Å²) in [4.78, 5) is 25.5. The van der Waals surface area contributed by atoms with Crippen LogP contribution in [0.4, 0.5) is 10.1 Å². The molecule has 1 N–H and O–H groups in total. The number of carbonyl (C=O) groups is 1. The summed E-state index contributed by atoms with van der Waals surface area (Å²) in [6.07, 6.45) is 5.56. The molecule has 5 aromatic rings. The van der Waals surface area contributed by atoms with E-state index in [1.165, 1.54) is 12.1 Å². The van der Waals surface area contributed by atoms with E-state index >= 15 is 4.39 Å². The molecule has 1 saturated heterocycles. The summed E-state index contributed by atoms with van der Waals surface area (Å²) in [6.45, 7) is 11.8. The van der Waals surface area contributed by atoms with Crippen LogP contribution >= 0.6 is 12.2 Å². The number of aromatic nitrogens is 5. The Kier molecular flexibility index (Phi) is 8.85. The summed E-state index contributed by atoms with van der Waals surface area (Å²) in [5.74, 6) is -1.09. The average molecular weight is 699 g/mol. The number of fused-ring (bicyclic) bond motifs is 2. The number of halogens is 1. The maximum atomic E-state index is 16.7. The van der Waals surface area contributed by atoms with Crippen molar-refractivity contribution >= 4 is 55.6 Å². The molecule has 1 aliphatic rings. The molecule has 1 fully saturated rings. The summed E-state index contributed by atoms with van der Waals surface area (Å²) in [5.41, 5.74) is 4.47. The van der Waals surface area contributed by atoms with Gasteiger partial charge in [-0.05, 0) is 55.2 Å². The molecule has 1 aromatic carbocycles. The van der Waals surface area contributed by atoms with Crippen molar-refractivity contribution in [1.82, 2.24) is 29.6 Å². The summed E-state index contributed by atoms with van der Waals surface area (Å²) in [5, 5.41) is 17.6. The van der Waals surface area contributed by atoms with Gasteiger partial charge in [-0.2, -0.15) is 10.4 Å². The number of piperazine rings is 1. The number of nitrogens with zero attached hydrogens (tertiary/aromatic N) is 7. The number of hydrogen-bond donors (Lipinski definition) is 1. The minimum absolute atomic E-state index is 0.00679. The minimum atomic E-state index is -4.06. The fourth-order valence-electron chi connectivity index (χ4n) is 6.75. The minimum Gasteiger partial charge on any atom is -0.366 e. The van der Waals surface area contributed by atoms with Crippen molar-refractivity contribution in [3.8, 4) is 23.0 Å². The van der Waals surface area contributed by atoms with Gasteiger partial charge in [-0.15, -0.1) is 0 Å². The molecular formula is C35H35FN8O3S2. The number of rotatable bonds is 7. The zero-order chi connectivity index (χ0) is 35.4. The SMILES string of the molecule is C=CC(=O)N1CCN(c2c(S(C)(=O)=O)c(=S)n(-c3c(C)ccnc3C(C)C)c3nc(-c4c(C)ccc5[nH]ncc45)c(F)cc23)C[C@@H]1CC#N. The third kappa shape index (κ3) is 5.76. The van der Waals surface area contributed by atoms with E-state index in [1.807, 2.05) is 45.9 Å². The van der Waals surface area contributed by atoms with E-state index in [-0.39, 0.29) is 69.8 Å². The van der Waals surface area contributed by atoms with Gasteiger partial charge >= 0.3 is 0 Å². The first kappa shape index (κ1) is 33.9. The maximum Gasteiger partial charge on any atom is 0.246 e. The van der Waals surface area contributed by atoms with E-state index in [9.17, 15) is 18.5 Å². The van der Waals surface area contributed by atoms with Gasteiger partial charge in [0.2, 0.25) is 5.91 Å². The molecule has 14 heteroatoms. The lowest BCUT2D eigenvalue weighted by atomic mass is 9.99. The van der Waals surface area contributed by atoms with E-state index in [4.69, 9.17) is 17.2 Å². The Morgan fingerprint density at radius 3 is 2.63 bits per heavy atom. The maximum absolute atomic E-state index is 16.7. The number of hydrogen-bond acceptors (Lipinski definition) is 9. The molecule has 1 amide bonds. The van der Waals surface area contributed by atoms with Gasteiger partial charge in [-0.1, -0.05) is 38.7 Å². The monoisotopic (exact) mass is 698 g/mol. The smallest absolute Gasteiger partial charge is 0.246 e. The van der Waals surface area contributed by atoms with Crippen molar-refractivity contribution in [2.75, 3.05) is 30.8 Å². The largest absolute Gasteiger partial charge is 0.366 e. The predicted molar refractivity (Wildman–Crippen MR) is 190 cm³/mol. The van der Waals surface area contributed by atoms with E-state index in [0.717, 1.165) is 17.4 Å². The van der Waals surface area contributed by atoms with Gasteiger partial charge in [-0.25, -0.2) is 17.8 Å². The third-order valence-electron chi connectivity index (χ3n) is 8.98. The summed E-state index contributed by atoms with van der Waals surface area (Å²) in [6, 6.07) is 8.39. The number of benzene rings is 1. The van der Waals surface area contributed by atoms with Gasteiger partial charge in [0.05, 0.1) is 47.3 Å². The second-order valence-corrected chi connectivity index (χ2v) is 14.9. The number of nitrogens with one attached hydrogen (secondary N) is 1. The zero-order valence-corrected chi connectivity index (χ0v) is 29.4. The number of anilines is 1. The number of aromatic amines is 1. The Morgan fingerprint density at radius 2 is 1.96 bits per heavy atom. The molecule has 0 aliphatic carbocycles. The van der Waals surface area contributed by atoms with Gasteiger partial charge in [0.15, 0.2) is 9.84 Å². The molecule has 1 atom stereocenters. The van der Waals surface area contributed by atoms with E-state index in [0.29, 0.717) is 27.8 Å². The van der Waals surface area contributed by atoms with Crippen LogP contribution in [0.1, 0.15) is 43.0 Å². The van der Waals surface area contributed by atoms with E-state index < -0.39 is 21.7 Å². The average Bonchev–Trinajstić information content (AvgIpc) is 3.53. The Balaban J connectivity index is 1.77. The zero-order valence-electron chi connectivity index (χ0n) is 27.8. The van der Waals surface area contributed by atoms with Crippen LogP contribution in [-0.4, -0.2) is 75.9 Å². The standard InChI is InChI=1S/C35H35FN8O3S2/c1-7-27(45)43-15-14-42(18-22(43)10-12-37)32-23-16-25(36)30(28-20(4)8-9-26-24(28)17-39-41-26)40-34(23)44(35(48)33(32)49(6,46)47)31-21(5)11-13-38-29(31)19(2)3/h7-9,11,13,16-17,19,22H,1,10,14-15,18H2,2-6H3,(H,39,41)/t22-/m0/s1. The molecule has 0 bridgehead atoms. The third-order valence-corrected chi connectivity index (χ3v) is 10.6. The number of aryl methyl sites for hydroxylation is 2. The number of pyridine rings is 3. The van der Waals surface area contributed by atoms with Crippen LogP contribution in [-0.2, 0) is 14.6 Å². The van der Waals surface area contributed by atoms with Gasteiger partial charge in [0, 0.05) is 48.4 Å². The van der Waals surface area contributed by atoms with Crippen LogP contribution in [0.3, 0.4) is 0 Å². The lowest BCUT2D eigenvalue weighted by Gasteiger charge is -2.42. The second kappa shape index (κ2) is 12.8. The number of H-pyrrole nitrogens is 1. The highest BCUT2D eigenvalue weighted by molar-refractivity contribution is 7.91. The van der Waals surface area contributed by atoms with E-state index in [1.54, 1.807) is 26.8 Å². The van der Waals surface area contributed by atoms with Crippen LogP contribution in [0.15, 0.2) is 54.2 Å². The molecule has 6 rings (SSSR count). The van der Waals surface area contributed by atoms with Gasteiger partial charge in [0.25, 0.3) is 0 Å². The molecule has 0 saturated carbocycles. The van der Waals surface area contributed by atoms with Crippen molar-refractivity contribution in [1.29, 1.82) is 5.26 Å². The van der Waals surface area contributed by atoms with Gasteiger partial charge < -0.3 is 9.80 Å². The molecule has 0 spiro atoms. The Bertz CT molecular complexity index is 2390.